The molecule has 96 valence electrons. The molecule has 2 rings (SSSR count). The van der Waals surface area contributed by atoms with Crippen LogP contribution in [-0.4, -0.2) is 24.3 Å². The number of anilines is 1. The van der Waals surface area contributed by atoms with Crippen LogP contribution in [0.2, 0.25) is 0 Å². The minimum absolute atomic E-state index is 0.127. The van der Waals surface area contributed by atoms with Crippen LogP contribution in [-0.2, 0) is 0 Å². The first-order valence-corrected chi connectivity index (χ1v) is 6.50. The third-order valence-corrected chi connectivity index (χ3v) is 3.61. The van der Waals surface area contributed by atoms with Crippen LogP contribution in [0.5, 0.6) is 0 Å². The minimum Gasteiger partial charge on any atom is -0.396 e. The fraction of sp³-hybridized carbons (Fsp3) is 0.600. The topological polar surface area (TPSA) is 23.5 Å². The number of aliphatic hydroxyl groups excluding tert-OH is 1. The predicted octanol–water partition coefficient (Wildman–Crippen LogP) is 3.41. The molecule has 1 unspecified atom stereocenters. The lowest BCUT2D eigenvalue weighted by molar-refractivity contribution is 0.232. The van der Waals surface area contributed by atoms with Crippen LogP contribution in [0, 0.1) is 0 Å². The van der Waals surface area contributed by atoms with Crippen molar-refractivity contribution in [2.45, 2.75) is 45.6 Å². The average molecular weight is 235 g/mol. The minimum atomic E-state index is 0.127. The Labute approximate surface area is 105 Å². The van der Waals surface area contributed by atoms with Crippen LogP contribution in [0.1, 0.15) is 45.6 Å². The van der Waals surface area contributed by atoms with Gasteiger partial charge in [-0.3, -0.25) is 0 Å². The maximum Gasteiger partial charge on any atom is 0.0501 e. The van der Waals surface area contributed by atoms with E-state index in [9.17, 15) is 5.11 Å². The first kappa shape index (κ1) is 14.0. The zero-order valence-electron chi connectivity index (χ0n) is 11.7. The third kappa shape index (κ3) is 2.63. The van der Waals surface area contributed by atoms with Gasteiger partial charge in [0, 0.05) is 24.2 Å². The molecular weight excluding hydrogens is 210 g/mol. The normalized spacial score (nSPS) is 21.3. The molecule has 0 aromatic heterocycles. The Kier molecular flexibility index (Phi) is 4.58. The second-order valence-corrected chi connectivity index (χ2v) is 5.01. The highest BCUT2D eigenvalue weighted by Crippen LogP contribution is 2.41. The van der Waals surface area contributed by atoms with Gasteiger partial charge in [0.2, 0.25) is 0 Å². The summed E-state index contributed by atoms with van der Waals surface area (Å²) in [4.78, 5) is 2.31. The van der Waals surface area contributed by atoms with Gasteiger partial charge in [-0.15, -0.1) is 0 Å². The van der Waals surface area contributed by atoms with Gasteiger partial charge in [0.05, 0.1) is 6.61 Å². The standard InChI is InChI=1S/C13H19NO.C2H6/c1-13(2)8-10(9-15)11-6-4-5-7-12(11)14(13)3;1-2/h4-7,10,15H,8-9H2,1-3H3;1-2H3. The van der Waals surface area contributed by atoms with Crippen molar-refractivity contribution >= 4 is 5.69 Å². The lowest BCUT2D eigenvalue weighted by atomic mass is 9.80. The van der Waals surface area contributed by atoms with Gasteiger partial charge in [0.1, 0.15) is 0 Å². The second-order valence-electron chi connectivity index (χ2n) is 5.01. The number of hydrogen-bond donors (Lipinski definition) is 1. The lowest BCUT2D eigenvalue weighted by Crippen LogP contribution is -2.46. The molecule has 1 aromatic rings. The quantitative estimate of drug-likeness (QED) is 0.806. The van der Waals surface area contributed by atoms with Gasteiger partial charge in [-0.2, -0.15) is 0 Å². The maximum atomic E-state index is 9.44. The number of aliphatic hydroxyl groups is 1. The summed E-state index contributed by atoms with van der Waals surface area (Å²) < 4.78 is 0. The van der Waals surface area contributed by atoms with Crippen molar-refractivity contribution in [3.05, 3.63) is 29.8 Å². The summed E-state index contributed by atoms with van der Waals surface area (Å²) in [6.07, 6.45) is 1.01. The van der Waals surface area contributed by atoms with E-state index in [0.29, 0.717) is 0 Å². The van der Waals surface area contributed by atoms with Crippen LogP contribution >= 0.6 is 0 Å². The number of hydrogen-bond acceptors (Lipinski definition) is 2. The molecular formula is C15H25NO. The Morgan fingerprint density at radius 3 is 2.47 bits per heavy atom. The smallest absolute Gasteiger partial charge is 0.0501 e. The highest BCUT2D eigenvalue weighted by molar-refractivity contribution is 5.58. The second kappa shape index (κ2) is 5.54. The molecule has 0 saturated heterocycles. The van der Waals surface area contributed by atoms with E-state index in [1.807, 2.05) is 19.9 Å². The lowest BCUT2D eigenvalue weighted by Gasteiger charge is -2.45. The number of fused-ring (bicyclic) bond motifs is 1. The van der Waals surface area contributed by atoms with Crippen LogP contribution in [0.3, 0.4) is 0 Å². The number of nitrogens with zero attached hydrogens (tertiary/aromatic N) is 1. The summed E-state index contributed by atoms with van der Waals surface area (Å²) >= 11 is 0. The summed E-state index contributed by atoms with van der Waals surface area (Å²) in [7, 11) is 2.13. The van der Waals surface area contributed by atoms with E-state index >= 15 is 0 Å². The van der Waals surface area contributed by atoms with E-state index in [1.165, 1.54) is 11.3 Å². The predicted molar refractivity (Wildman–Crippen MR) is 74.7 cm³/mol. The van der Waals surface area contributed by atoms with Gasteiger partial charge in [-0.1, -0.05) is 32.0 Å². The van der Waals surface area contributed by atoms with Gasteiger partial charge < -0.3 is 10.0 Å². The van der Waals surface area contributed by atoms with Crippen molar-refractivity contribution in [1.82, 2.24) is 0 Å². The first-order valence-electron chi connectivity index (χ1n) is 6.50. The van der Waals surface area contributed by atoms with Crippen LogP contribution in [0.15, 0.2) is 24.3 Å². The molecule has 0 radical (unpaired) electrons. The zero-order valence-corrected chi connectivity index (χ0v) is 11.7. The van der Waals surface area contributed by atoms with Crippen molar-refractivity contribution in [2.75, 3.05) is 18.6 Å². The van der Waals surface area contributed by atoms with Crippen LogP contribution < -0.4 is 4.90 Å². The molecule has 1 aromatic carbocycles. The first-order chi connectivity index (χ1) is 8.06. The summed E-state index contributed by atoms with van der Waals surface area (Å²) in [5.41, 5.74) is 2.66. The molecule has 2 nitrogen and oxygen atoms in total. The fourth-order valence-corrected chi connectivity index (χ4v) is 2.48. The Morgan fingerprint density at radius 2 is 1.88 bits per heavy atom. The summed E-state index contributed by atoms with van der Waals surface area (Å²) in [5.74, 6) is 0.285. The maximum absolute atomic E-state index is 9.44. The van der Waals surface area contributed by atoms with E-state index in [-0.39, 0.29) is 18.1 Å². The Balaban J connectivity index is 0.000000686. The Morgan fingerprint density at radius 1 is 1.29 bits per heavy atom. The molecule has 0 bridgehead atoms. The zero-order chi connectivity index (χ0) is 13.1. The van der Waals surface area contributed by atoms with E-state index in [4.69, 9.17) is 0 Å². The largest absolute Gasteiger partial charge is 0.396 e. The fourth-order valence-electron chi connectivity index (χ4n) is 2.48. The van der Waals surface area contributed by atoms with E-state index < -0.39 is 0 Å². The SMILES string of the molecule is CC.CN1c2ccccc2C(CO)CC1(C)C. The Hall–Kier alpha value is -1.02. The molecule has 0 saturated carbocycles. The van der Waals surface area contributed by atoms with E-state index in [2.05, 4.69) is 44.0 Å². The van der Waals surface area contributed by atoms with Crippen molar-refractivity contribution in [3.8, 4) is 0 Å². The Bertz CT molecular complexity index is 360. The molecule has 0 aliphatic carbocycles. The summed E-state index contributed by atoms with van der Waals surface area (Å²) in [6.45, 7) is 8.70. The number of rotatable bonds is 1. The van der Waals surface area contributed by atoms with Crippen molar-refractivity contribution in [3.63, 3.8) is 0 Å². The molecule has 0 fully saturated rings. The van der Waals surface area contributed by atoms with Gasteiger partial charge in [0.15, 0.2) is 0 Å². The molecule has 2 heteroatoms. The highest BCUT2D eigenvalue weighted by atomic mass is 16.3. The van der Waals surface area contributed by atoms with Gasteiger partial charge in [-0.05, 0) is 31.9 Å². The average Bonchev–Trinajstić information content (AvgIpc) is 2.36. The molecule has 17 heavy (non-hydrogen) atoms. The molecule has 1 aliphatic rings. The summed E-state index contributed by atoms with van der Waals surface area (Å²) in [6, 6.07) is 8.37. The van der Waals surface area contributed by atoms with Crippen molar-refractivity contribution < 1.29 is 5.11 Å². The van der Waals surface area contributed by atoms with E-state index in [1.54, 1.807) is 0 Å². The monoisotopic (exact) mass is 235 g/mol. The van der Waals surface area contributed by atoms with Crippen molar-refractivity contribution in [1.29, 1.82) is 0 Å². The van der Waals surface area contributed by atoms with Crippen molar-refractivity contribution in [2.24, 2.45) is 0 Å². The molecule has 1 N–H and O–H groups in total. The van der Waals surface area contributed by atoms with Gasteiger partial charge >= 0.3 is 0 Å². The number of benzene rings is 1. The summed E-state index contributed by atoms with van der Waals surface area (Å²) in [5, 5.41) is 9.44. The van der Waals surface area contributed by atoms with Gasteiger partial charge in [-0.25, -0.2) is 0 Å². The van der Waals surface area contributed by atoms with Gasteiger partial charge in [0.25, 0.3) is 0 Å². The number of para-hydroxylation sites is 1. The third-order valence-electron chi connectivity index (χ3n) is 3.61. The molecule has 0 amide bonds. The van der Waals surface area contributed by atoms with Crippen LogP contribution in [0.25, 0.3) is 0 Å². The molecule has 0 spiro atoms. The van der Waals surface area contributed by atoms with E-state index in [0.717, 1.165) is 6.42 Å². The molecule has 1 heterocycles. The molecule has 1 atom stereocenters. The van der Waals surface area contributed by atoms with Crippen LogP contribution in [0.4, 0.5) is 5.69 Å². The molecule has 1 aliphatic heterocycles. The highest BCUT2D eigenvalue weighted by Gasteiger charge is 2.35.